The molecule has 0 bridgehead atoms. The number of aryl methyl sites for hydroxylation is 1. The summed E-state index contributed by atoms with van der Waals surface area (Å²) in [6, 6.07) is 14.1. The van der Waals surface area contributed by atoms with Crippen molar-refractivity contribution in [1.29, 1.82) is 0 Å². The molecule has 2 N–H and O–H groups in total. The van der Waals surface area contributed by atoms with Crippen LogP contribution < -0.4 is 10.6 Å². The number of benzene rings is 2. The predicted octanol–water partition coefficient (Wildman–Crippen LogP) is 3.22. The summed E-state index contributed by atoms with van der Waals surface area (Å²) < 4.78 is 13.5. The molecule has 4 nitrogen and oxygen atoms in total. The van der Waals surface area contributed by atoms with Crippen LogP contribution >= 0.6 is 0 Å². The van der Waals surface area contributed by atoms with E-state index >= 15 is 0 Å². The highest BCUT2D eigenvalue weighted by atomic mass is 19.1. The summed E-state index contributed by atoms with van der Waals surface area (Å²) in [6.07, 6.45) is 3.07. The summed E-state index contributed by atoms with van der Waals surface area (Å²) in [5.41, 5.74) is 2.11. The Morgan fingerprint density at radius 1 is 1.00 bits per heavy atom. The summed E-state index contributed by atoms with van der Waals surface area (Å²) in [7, 11) is 0. The van der Waals surface area contributed by atoms with Gasteiger partial charge >= 0.3 is 0 Å². The number of anilines is 1. The minimum absolute atomic E-state index is 0.0316. The van der Waals surface area contributed by atoms with Crippen LogP contribution in [-0.4, -0.2) is 17.9 Å². The first-order valence-corrected chi connectivity index (χ1v) is 8.52. The molecular weight excluding hydrogens is 319 g/mol. The van der Waals surface area contributed by atoms with E-state index in [1.807, 2.05) is 12.1 Å². The van der Waals surface area contributed by atoms with Crippen molar-refractivity contribution in [3.05, 3.63) is 65.5 Å². The molecule has 0 saturated heterocycles. The molecule has 1 saturated carbocycles. The van der Waals surface area contributed by atoms with Crippen LogP contribution in [-0.2, 0) is 22.4 Å². The van der Waals surface area contributed by atoms with Gasteiger partial charge in [0.05, 0.1) is 6.42 Å². The van der Waals surface area contributed by atoms with Gasteiger partial charge in [-0.15, -0.1) is 0 Å². The molecule has 0 unspecified atom stereocenters. The fourth-order valence-electron chi connectivity index (χ4n) is 2.57. The highest BCUT2D eigenvalue weighted by molar-refractivity contribution is 5.90. The molecule has 1 fully saturated rings. The van der Waals surface area contributed by atoms with E-state index in [0.717, 1.165) is 18.4 Å². The molecule has 2 amide bonds. The Hall–Kier alpha value is -2.69. The maximum atomic E-state index is 13.5. The molecule has 1 aliphatic carbocycles. The van der Waals surface area contributed by atoms with Gasteiger partial charge in [-0.1, -0.05) is 30.3 Å². The van der Waals surface area contributed by atoms with Crippen LogP contribution in [0.3, 0.4) is 0 Å². The number of hydrogen-bond acceptors (Lipinski definition) is 2. The third-order valence-electron chi connectivity index (χ3n) is 4.12. The summed E-state index contributed by atoms with van der Waals surface area (Å²) >= 11 is 0. The smallest absolute Gasteiger partial charge is 0.224 e. The number of hydrogen-bond donors (Lipinski definition) is 2. The number of nitrogens with one attached hydrogen (secondary N) is 2. The number of halogens is 1. The van der Waals surface area contributed by atoms with Gasteiger partial charge in [-0.3, -0.25) is 9.59 Å². The van der Waals surface area contributed by atoms with Gasteiger partial charge in [0.1, 0.15) is 5.82 Å². The predicted molar refractivity (Wildman–Crippen MR) is 94.7 cm³/mol. The van der Waals surface area contributed by atoms with Gasteiger partial charge < -0.3 is 10.6 Å². The van der Waals surface area contributed by atoms with E-state index in [4.69, 9.17) is 0 Å². The second-order valence-electron chi connectivity index (χ2n) is 6.36. The van der Waals surface area contributed by atoms with E-state index in [-0.39, 0.29) is 24.1 Å². The first-order valence-electron chi connectivity index (χ1n) is 8.52. The summed E-state index contributed by atoms with van der Waals surface area (Å²) in [5.74, 6) is -0.421. The standard InChI is InChI=1S/C20H21FN2O2/c21-18-4-2-1-3-15(18)7-12-19(24)22-16-8-5-14(6-9-16)13-20(25)23-17-10-11-17/h1-6,8-9,17H,7,10-13H2,(H,22,24)(H,23,25). The highest BCUT2D eigenvalue weighted by Crippen LogP contribution is 2.19. The van der Waals surface area contributed by atoms with Crippen LogP contribution in [0.15, 0.2) is 48.5 Å². The zero-order valence-electron chi connectivity index (χ0n) is 13.9. The Morgan fingerprint density at radius 2 is 1.72 bits per heavy atom. The lowest BCUT2D eigenvalue weighted by Crippen LogP contribution is -2.26. The Labute approximate surface area is 146 Å². The number of amides is 2. The zero-order valence-corrected chi connectivity index (χ0v) is 13.9. The molecule has 0 spiro atoms. The Balaban J connectivity index is 1.46. The molecule has 130 valence electrons. The lowest BCUT2D eigenvalue weighted by atomic mass is 10.1. The van der Waals surface area contributed by atoms with Crippen LogP contribution in [0.5, 0.6) is 0 Å². The minimum atomic E-state index is -0.288. The van der Waals surface area contributed by atoms with E-state index in [9.17, 15) is 14.0 Å². The lowest BCUT2D eigenvalue weighted by Gasteiger charge is -2.08. The molecule has 3 rings (SSSR count). The molecule has 0 atom stereocenters. The van der Waals surface area contributed by atoms with Gasteiger partial charge in [0.15, 0.2) is 0 Å². The Morgan fingerprint density at radius 3 is 2.40 bits per heavy atom. The van der Waals surface area contributed by atoms with Gasteiger partial charge in [-0.25, -0.2) is 4.39 Å². The quantitative estimate of drug-likeness (QED) is 0.813. The molecule has 0 radical (unpaired) electrons. The zero-order chi connectivity index (χ0) is 17.6. The van der Waals surface area contributed by atoms with Crippen molar-refractivity contribution in [2.24, 2.45) is 0 Å². The largest absolute Gasteiger partial charge is 0.353 e. The first kappa shape index (κ1) is 17.1. The first-order chi connectivity index (χ1) is 12.1. The maximum Gasteiger partial charge on any atom is 0.224 e. The third kappa shape index (κ3) is 5.41. The monoisotopic (exact) mass is 340 g/mol. The van der Waals surface area contributed by atoms with E-state index in [0.29, 0.717) is 30.1 Å². The average Bonchev–Trinajstić information content (AvgIpc) is 3.40. The molecule has 0 aliphatic heterocycles. The van der Waals surface area contributed by atoms with Gasteiger partial charge in [-0.05, 0) is 48.6 Å². The van der Waals surface area contributed by atoms with Gasteiger partial charge in [0, 0.05) is 18.2 Å². The second kappa shape index (κ2) is 7.92. The van der Waals surface area contributed by atoms with E-state index < -0.39 is 0 Å². The minimum Gasteiger partial charge on any atom is -0.353 e. The maximum absolute atomic E-state index is 13.5. The highest BCUT2D eigenvalue weighted by Gasteiger charge is 2.23. The van der Waals surface area contributed by atoms with E-state index in [1.54, 1.807) is 30.3 Å². The fraction of sp³-hybridized carbons (Fsp3) is 0.300. The van der Waals surface area contributed by atoms with Crippen LogP contribution in [0.1, 0.15) is 30.4 Å². The van der Waals surface area contributed by atoms with Crippen molar-refractivity contribution in [3.63, 3.8) is 0 Å². The van der Waals surface area contributed by atoms with Gasteiger partial charge in [0.25, 0.3) is 0 Å². The topological polar surface area (TPSA) is 58.2 Å². The SMILES string of the molecule is O=C(CCc1ccccc1F)Nc1ccc(CC(=O)NC2CC2)cc1. The lowest BCUT2D eigenvalue weighted by molar-refractivity contribution is -0.120. The average molecular weight is 340 g/mol. The summed E-state index contributed by atoms with van der Waals surface area (Å²) in [6.45, 7) is 0. The molecule has 0 heterocycles. The van der Waals surface area contributed by atoms with Crippen molar-refractivity contribution in [2.45, 2.75) is 38.1 Å². The number of rotatable bonds is 7. The van der Waals surface area contributed by atoms with Crippen molar-refractivity contribution >= 4 is 17.5 Å². The molecule has 5 heteroatoms. The Kier molecular flexibility index (Phi) is 5.43. The van der Waals surface area contributed by atoms with Gasteiger partial charge in [0.2, 0.25) is 11.8 Å². The van der Waals surface area contributed by atoms with E-state index in [1.165, 1.54) is 6.07 Å². The van der Waals surface area contributed by atoms with Crippen molar-refractivity contribution in [1.82, 2.24) is 5.32 Å². The Bertz CT molecular complexity index is 755. The molecule has 1 aliphatic rings. The van der Waals surface area contributed by atoms with Crippen LogP contribution in [0.4, 0.5) is 10.1 Å². The second-order valence-corrected chi connectivity index (χ2v) is 6.36. The summed E-state index contributed by atoms with van der Waals surface area (Å²) in [5, 5.41) is 5.74. The normalized spacial score (nSPS) is 13.3. The van der Waals surface area contributed by atoms with Crippen LogP contribution in [0, 0.1) is 5.82 Å². The third-order valence-corrected chi connectivity index (χ3v) is 4.12. The summed E-state index contributed by atoms with van der Waals surface area (Å²) in [4.78, 5) is 23.8. The molecular formula is C20H21FN2O2. The van der Waals surface area contributed by atoms with Gasteiger partial charge in [-0.2, -0.15) is 0 Å². The van der Waals surface area contributed by atoms with Crippen molar-refractivity contribution in [3.8, 4) is 0 Å². The molecule has 0 aromatic heterocycles. The molecule has 2 aromatic rings. The van der Waals surface area contributed by atoms with Crippen LogP contribution in [0.2, 0.25) is 0 Å². The van der Waals surface area contributed by atoms with Crippen molar-refractivity contribution < 1.29 is 14.0 Å². The number of carbonyl (C=O) groups is 2. The fourth-order valence-corrected chi connectivity index (χ4v) is 2.57. The molecule has 25 heavy (non-hydrogen) atoms. The molecule has 2 aromatic carbocycles. The number of carbonyl (C=O) groups excluding carboxylic acids is 2. The van der Waals surface area contributed by atoms with E-state index in [2.05, 4.69) is 10.6 Å². The van der Waals surface area contributed by atoms with Crippen LogP contribution in [0.25, 0.3) is 0 Å². The van der Waals surface area contributed by atoms with Crippen molar-refractivity contribution in [2.75, 3.05) is 5.32 Å².